The summed E-state index contributed by atoms with van der Waals surface area (Å²) in [5.74, 6) is 4.21. The van der Waals surface area contributed by atoms with Crippen molar-refractivity contribution in [3.05, 3.63) is 0 Å². The molecular formula is C16H25F. The Morgan fingerprint density at radius 1 is 0.765 bits per heavy atom. The molecular weight excluding hydrogens is 211 g/mol. The minimum atomic E-state index is -0.721. The van der Waals surface area contributed by atoms with Crippen molar-refractivity contribution in [2.45, 2.75) is 69.9 Å². The van der Waals surface area contributed by atoms with Crippen molar-refractivity contribution in [2.75, 3.05) is 0 Å². The van der Waals surface area contributed by atoms with E-state index >= 15 is 0 Å². The highest BCUT2D eigenvalue weighted by Crippen LogP contribution is 2.62. The summed E-state index contributed by atoms with van der Waals surface area (Å²) in [6, 6.07) is 0. The zero-order valence-electron chi connectivity index (χ0n) is 10.8. The second-order valence-electron chi connectivity index (χ2n) is 7.60. The van der Waals surface area contributed by atoms with Crippen molar-refractivity contribution >= 4 is 0 Å². The molecule has 0 aromatic rings. The second kappa shape index (κ2) is 3.71. The molecule has 5 fully saturated rings. The van der Waals surface area contributed by atoms with E-state index in [2.05, 4.69) is 0 Å². The lowest BCUT2D eigenvalue weighted by molar-refractivity contribution is -0.128. The van der Waals surface area contributed by atoms with Gasteiger partial charge in [0, 0.05) is 0 Å². The molecule has 5 aliphatic rings. The molecule has 5 saturated carbocycles. The molecule has 0 heterocycles. The van der Waals surface area contributed by atoms with Gasteiger partial charge >= 0.3 is 0 Å². The average molecular weight is 236 g/mol. The number of alkyl halides is 1. The minimum Gasteiger partial charge on any atom is -0.244 e. The quantitative estimate of drug-likeness (QED) is 0.617. The second-order valence-corrected chi connectivity index (χ2v) is 7.60. The van der Waals surface area contributed by atoms with Crippen LogP contribution in [0, 0.1) is 29.6 Å². The van der Waals surface area contributed by atoms with Gasteiger partial charge in [-0.25, -0.2) is 4.39 Å². The summed E-state index contributed by atoms with van der Waals surface area (Å²) in [7, 11) is 0. The highest BCUT2D eigenvalue weighted by molar-refractivity contribution is 5.07. The van der Waals surface area contributed by atoms with Crippen LogP contribution >= 0.6 is 0 Å². The summed E-state index contributed by atoms with van der Waals surface area (Å²) in [6.45, 7) is 0. The van der Waals surface area contributed by atoms with Gasteiger partial charge in [-0.1, -0.05) is 32.1 Å². The number of rotatable bonds is 1. The molecule has 0 N–H and O–H groups in total. The Morgan fingerprint density at radius 3 is 2.00 bits per heavy atom. The molecule has 4 bridgehead atoms. The van der Waals surface area contributed by atoms with E-state index < -0.39 is 5.67 Å². The third-order valence-electron chi connectivity index (χ3n) is 6.47. The zero-order chi connectivity index (χ0) is 11.5. The topological polar surface area (TPSA) is 0 Å². The summed E-state index contributed by atoms with van der Waals surface area (Å²) in [4.78, 5) is 0. The fourth-order valence-electron chi connectivity index (χ4n) is 6.25. The van der Waals surface area contributed by atoms with E-state index in [9.17, 15) is 4.39 Å². The first kappa shape index (κ1) is 10.8. The van der Waals surface area contributed by atoms with Crippen molar-refractivity contribution in [1.29, 1.82) is 0 Å². The molecule has 0 radical (unpaired) electrons. The van der Waals surface area contributed by atoms with Crippen molar-refractivity contribution in [3.8, 4) is 0 Å². The van der Waals surface area contributed by atoms with Crippen molar-refractivity contribution < 1.29 is 4.39 Å². The lowest BCUT2D eigenvalue weighted by Gasteiger charge is -2.59. The Balaban J connectivity index is 1.57. The van der Waals surface area contributed by atoms with Crippen LogP contribution in [0.25, 0.3) is 0 Å². The molecule has 0 nitrogen and oxygen atoms in total. The lowest BCUT2D eigenvalue weighted by Crippen LogP contribution is -2.54. The Bertz CT molecular complexity index is 289. The fourth-order valence-corrected chi connectivity index (χ4v) is 6.25. The maximum atomic E-state index is 14.6. The van der Waals surface area contributed by atoms with Crippen LogP contribution in [0.3, 0.4) is 0 Å². The first-order valence-electron chi connectivity index (χ1n) is 7.92. The predicted molar refractivity (Wildman–Crippen MR) is 67.5 cm³/mol. The molecule has 0 amide bonds. The molecule has 3 unspecified atom stereocenters. The van der Waals surface area contributed by atoms with Crippen LogP contribution in [0.4, 0.5) is 4.39 Å². The third-order valence-corrected chi connectivity index (χ3v) is 6.47. The number of halogens is 1. The van der Waals surface area contributed by atoms with E-state index in [0.717, 1.165) is 48.9 Å². The molecule has 5 atom stereocenters. The summed E-state index contributed by atoms with van der Waals surface area (Å²) in [6.07, 6.45) is 12.8. The van der Waals surface area contributed by atoms with Crippen molar-refractivity contribution in [3.63, 3.8) is 0 Å². The SMILES string of the molecule is FC12CC3C[C@H](C1)C(C1CCCCC1)[C@@H](C3)C2. The monoisotopic (exact) mass is 236 g/mol. The number of hydrogen-bond donors (Lipinski definition) is 0. The molecule has 17 heavy (non-hydrogen) atoms. The van der Waals surface area contributed by atoms with Crippen LogP contribution < -0.4 is 0 Å². The van der Waals surface area contributed by atoms with E-state index in [4.69, 9.17) is 0 Å². The first-order valence-corrected chi connectivity index (χ1v) is 7.92. The molecule has 0 spiro atoms. The minimum absolute atomic E-state index is 0.721. The maximum Gasteiger partial charge on any atom is 0.111 e. The summed E-state index contributed by atoms with van der Waals surface area (Å²) in [5.41, 5.74) is -0.721. The normalized spacial score (nSPS) is 54.2. The number of hydrogen-bond acceptors (Lipinski definition) is 0. The summed E-state index contributed by atoms with van der Waals surface area (Å²) < 4.78 is 14.6. The van der Waals surface area contributed by atoms with Gasteiger partial charge in [0.25, 0.3) is 0 Å². The molecule has 5 rings (SSSR count). The van der Waals surface area contributed by atoms with Crippen molar-refractivity contribution in [2.24, 2.45) is 29.6 Å². The molecule has 5 aliphatic carbocycles. The smallest absolute Gasteiger partial charge is 0.111 e. The van der Waals surface area contributed by atoms with Gasteiger partial charge in [0.15, 0.2) is 0 Å². The van der Waals surface area contributed by atoms with E-state index in [1.165, 1.54) is 44.9 Å². The molecule has 0 aromatic carbocycles. The van der Waals surface area contributed by atoms with E-state index in [1.54, 1.807) is 0 Å². The Labute approximate surface area is 104 Å². The Kier molecular flexibility index (Phi) is 2.36. The van der Waals surface area contributed by atoms with Crippen LogP contribution in [-0.4, -0.2) is 5.67 Å². The first-order chi connectivity index (χ1) is 8.23. The Hall–Kier alpha value is -0.0700. The van der Waals surface area contributed by atoms with Gasteiger partial charge in [0.05, 0.1) is 0 Å². The maximum absolute atomic E-state index is 14.6. The van der Waals surface area contributed by atoms with Gasteiger partial charge in [-0.2, -0.15) is 0 Å². The van der Waals surface area contributed by atoms with Gasteiger partial charge in [0.1, 0.15) is 5.67 Å². The van der Waals surface area contributed by atoms with Crippen LogP contribution in [-0.2, 0) is 0 Å². The van der Waals surface area contributed by atoms with E-state index in [-0.39, 0.29) is 0 Å². The van der Waals surface area contributed by atoms with Gasteiger partial charge in [-0.15, -0.1) is 0 Å². The third kappa shape index (κ3) is 1.68. The van der Waals surface area contributed by atoms with Crippen LogP contribution in [0.15, 0.2) is 0 Å². The largest absolute Gasteiger partial charge is 0.244 e. The van der Waals surface area contributed by atoms with E-state index in [1.807, 2.05) is 0 Å². The summed E-state index contributed by atoms with van der Waals surface area (Å²) >= 11 is 0. The lowest BCUT2D eigenvalue weighted by atomic mass is 9.48. The van der Waals surface area contributed by atoms with Crippen LogP contribution in [0.2, 0.25) is 0 Å². The zero-order valence-corrected chi connectivity index (χ0v) is 10.8. The fraction of sp³-hybridized carbons (Fsp3) is 1.00. The Morgan fingerprint density at radius 2 is 1.41 bits per heavy atom. The van der Waals surface area contributed by atoms with Gasteiger partial charge in [0.2, 0.25) is 0 Å². The van der Waals surface area contributed by atoms with Gasteiger partial charge < -0.3 is 0 Å². The van der Waals surface area contributed by atoms with Gasteiger partial charge in [-0.05, 0) is 61.7 Å². The highest BCUT2D eigenvalue weighted by atomic mass is 19.1. The molecule has 0 saturated heterocycles. The highest BCUT2D eigenvalue weighted by Gasteiger charge is 2.57. The molecule has 0 aliphatic heterocycles. The van der Waals surface area contributed by atoms with Crippen LogP contribution in [0.1, 0.15) is 64.2 Å². The predicted octanol–water partition coefficient (Wildman–Crippen LogP) is 4.73. The molecule has 0 aromatic heterocycles. The van der Waals surface area contributed by atoms with Gasteiger partial charge in [-0.3, -0.25) is 0 Å². The molecule has 96 valence electrons. The molecule has 1 heteroatoms. The van der Waals surface area contributed by atoms with Crippen LogP contribution in [0.5, 0.6) is 0 Å². The van der Waals surface area contributed by atoms with E-state index in [0.29, 0.717) is 0 Å². The average Bonchev–Trinajstić information content (AvgIpc) is 2.27. The summed E-state index contributed by atoms with van der Waals surface area (Å²) in [5, 5.41) is 0. The standard InChI is InChI=1S/C16H25F/c17-16-8-11-6-13(9-16)15(14(7-11)10-16)12-4-2-1-3-5-12/h11-15H,1-10H2/t11?,13-,14+,15?,16?. The van der Waals surface area contributed by atoms with Crippen molar-refractivity contribution in [1.82, 2.24) is 0 Å².